The molecule has 3 aromatic rings. The van der Waals surface area contributed by atoms with E-state index in [4.69, 9.17) is 10.3 Å². The summed E-state index contributed by atoms with van der Waals surface area (Å²) in [6, 6.07) is 14.1. The highest BCUT2D eigenvalue weighted by atomic mass is 16.5. The summed E-state index contributed by atoms with van der Waals surface area (Å²) in [6.07, 6.45) is 0. The molecule has 102 valence electrons. The number of rotatable bonds is 3. The molecule has 0 aliphatic rings. The van der Waals surface area contributed by atoms with Crippen LogP contribution in [-0.4, -0.2) is 10.1 Å². The maximum atomic E-state index is 6.03. The number of nitrogens with zero attached hydrogens (tertiary/aromatic N) is 2. The average molecular weight is 267 g/mol. The maximum absolute atomic E-state index is 6.03. The lowest BCUT2D eigenvalue weighted by atomic mass is 10.1. The highest BCUT2D eigenvalue weighted by Gasteiger charge is 2.18. The van der Waals surface area contributed by atoms with Crippen molar-refractivity contribution < 1.29 is 4.52 Å². The van der Waals surface area contributed by atoms with E-state index in [1.807, 2.05) is 38.1 Å². The van der Waals surface area contributed by atoms with Gasteiger partial charge in [-0.2, -0.15) is 4.98 Å². The van der Waals surface area contributed by atoms with Gasteiger partial charge in [0.2, 0.25) is 0 Å². The Labute approximate surface area is 117 Å². The van der Waals surface area contributed by atoms with Gasteiger partial charge in [0.1, 0.15) is 0 Å². The first-order chi connectivity index (χ1) is 9.65. The Morgan fingerprint density at radius 2 is 1.80 bits per heavy atom. The molecule has 0 saturated heterocycles. The van der Waals surface area contributed by atoms with Crippen LogP contribution < -0.4 is 5.73 Å². The lowest BCUT2D eigenvalue weighted by molar-refractivity contribution is 0.400. The minimum absolute atomic E-state index is 0.201. The Balaban J connectivity index is 1.99. The fourth-order valence-electron chi connectivity index (χ4n) is 2.11. The van der Waals surface area contributed by atoms with E-state index in [2.05, 4.69) is 28.3 Å². The molecule has 1 aromatic heterocycles. The van der Waals surface area contributed by atoms with E-state index in [0.717, 1.165) is 10.9 Å². The molecule has 1 heterocycles. The van der Waals surface area contributed by atoms with Crippen LogP contribution in [-0.2, 0) is 0 Å². The third-order valence-corrected chi connectivity index (χ3v) is 3.45. The van der Waals surface area contributed by atoms with Crippen LogP contribution in [0.3, 0.4) is 0 Å². The summed E-state index contributed by atoms with van der Waals surface area (Å²) < 4.78 is 5.33. The highest BCUT2D eigenvalue weighted by molar-refractivity contribution is 5.86. The van der Waals surface area contributed by atoms with Gasteiger partial charge in [-0.3, -0.25) is 0 Å². The quantitative estimate of drug-likeness (QED) is 0.788. The van der Waals surface area contributed by atoms with E-state index < -0.39 is 0 Å². The van der Waals surface area contributed by atoms with Crippen LogP contribution in [0.25, 0.3) is 22.2 Å². The normalized spacial score (nSPS) is 13.0. The van der Waals surface area contributed by atoms with Crippen molar-refractivity contribution in [2.45, 2.75) is 19.9 Å². The number of hydrogen-bond donors (Lipinski definition) is 1. The van der Waals surface area contributed by atoms with Gasteiger partial charge in [0.05, 0.1) is 6.04 Å². The number of fused-ring (bicyclic) bond motifs is 1. The van der Waals surface area contributed by atoms with Crippen molar-refractivity contribution in [3.05, 3.63) is 48.3 Å². The summed E-state index contributed by atoms with van der Waals surface area (Å²) in [4.78, 5) is 4.41. The number of aromatic nitrogens is 2. The third-order valence-electron chi connectivity index (χ3n) is 3.45. The molecule has 2 N–H and O–H groups in total. The summed E-state index contributed by atoms with van der Waals surface area (Å²) in [5.41, 5.74) is 6.95. The second-order valence-corrected chi connectivity index (χ2v) is 5.29. The van der Waals surface area contributed by atoms with Gasteiger partial charge in [-0.15, -0.1) is 0 Å². The molecule has 3 rings (SSSR count). The average Bonchev–Trinajstić information content (AvgIpc) is 2.95. The predicted molar refractivity (Wildman–Crippen MR) is 79.0 cm³/mol. The topological polar surface area (TPSA) is 64.9 Å². The molecule has 0 aliphatic heterocycles. The van der Waals surface area contributed by atoms with E-state index in [0.29, 0.717) is 11.7 Å². The van der Waals surface area contributed by atoms with Gasteiger partial charge in [-0.1, -0.05) is 49.3 Å². The molecule has 0 bridgehead atoms. The molecule has 20 heavy (non-hydrogen) atoms. The van der Waals surface area contributed by atoms with Crippen molar-refractivity contribution >= 4 is 10.8 Å². The van der Waals surface area contributed by atoms with Gasteiger partial charge < -0.3 is 10.3 Å². The number of nitrogens with two attached hydrogens (primary N) is 1. The molecular weight excluding hydrogens is 250 g/mol. The molecule has 1 atom stereocenters. The van der Waals surface area contributed by atoms with E-state index in [-0.39, 0.29) is 12.0 Å². The van der Waals surface area contributed by atoms with Crippen molar-refractivity contribution in [3.63, 3.8) is 0 Å². The molecule has 1 unspecified atom stereocenters. The second-order valence-electron chi connectivity index (χ2n) is 5.29. The van der Waals surface area contributed by atoms with Gasteiger partial charge in [-0.05, 0) is 28.8 Å². The van der Waals surface area contributed by atoms with Gasteiger partial charge in [0.15, 0.2) is 5.82 Å². The Morgan fingerprint density at radius 1 is 1.05 bits per heavy atom. The van der Waals surface area contributed by atoms with E-state index in [9.17, 15) is 0 Å². The Kier molecular flexibility index (Phi) is 3.24. The monoisotopic (exact) mass is 267 g/mol. The zero-order valence-electron chi connectivity index (χ0n) is 11.6. The van der Waals surface area contributed by atoms with E-state index in [1.165, 1.54) is 5.39 Å². The molecule has 0 saturated carbocycles. The van der Waals surface area contributed by atoms with E-state index in [1.54, 1.807) is 0 Å². The van der Waals surface area contributed by atoms with Crippen molar-refractivity contribution in [1.82, 2.24) is 10.1 Å². The van der Waals surface area contributed by atoms with Crippen LogP contribution >= 0.6 is 0 Å². The van der Waals surface area contributed by atoms with Crippen molar-refractivity contribution in [2.75, 3.05) is 0 Å². The van der Waals surface area contributed by atoms with Gasteiger partial charge >= 0.3 is 0 Å². The van der Waals surface area contributed by atoms with Crippen LogP contribution in [0.5, 0.6) is 0 Å². The molecule has 0 radical (unpaired) electrons. The van der Waals surface area contributed by atoms with Crippen molar-refractivity contribution in [1.29, 1.82) is 0 Å². The lowest BCUT2D eigenvalue weighted by Gasteiger charge is -2.09. The summed E-state index contributed by atoms with van der Waals surface area (Å²) in [5, 5.41) is 6.32. The summed E-state index contributed by atoms with van der Waals surface area (Å²) in [6.45, 7) is 4.08. The van der Waals surface area contributed by atoms with Gasteiger partial charge in [0.25, 0.3) is 5.89 Å². The van der Waals surface area contributed by atoms with Crippen molar-refractivity contribution in [3.8, 4) is 11.5 Å². The summed E-state index contributed by atoms with van der Waals surface area (Å²) >= 11 is 0. The summed E-state index contributed by atoms with van der Waals surface area (Å²) in [7, 11) is 0. The highest BCUT2D eigenvalue weighted by Crippen LogP contribution is 2.25. The Hall–Kier alpha value is -2.20. The lowest BCUT2D eigenvalue weighted by Crippen LogP contribution is -2.18. The van der Waals surface area contributed by atoms with Gasteiger partial charge in [-0.25, -0.2) is 0 Å². The van der Waals surface area contributed by atoms with Crippen LogP contribution in [0.15, 0.2) is 47.0 Å². The third kappa shape index (κ3) is 2.30. The van der Waals surface area contributed by atoms with Crippen LogP contribution in [0.4, 0.5) is 0 Å². The number of hydrogen-bond acceptors (Lipinski definition) is 4. The zero-order valence-corrected chi connectivity index (χ0v) is 11.6. The summed E-state index contributed by atoms with van der Waals surface area (Å²) in [5.74, 6) is 1.35. The Morgan fingerprint density at radius 3 is 2.55 bits per heavy atom. The first kappa shape index (κ1) is 12.8. The largest absolute Gasteiger partial charge is 0.334 e. The van der Waals surface area contributed by atoms with Crippen LogP contribution in [0.1, 0.15) is 25.7 Å². The minimum Gasteiger partial charge on any atom is -0.334 e. The smallest absolute Gasteiger partial charge is 0.258 e. The van der Waals surface area contributed by atoms with Crippen LogP contribution in [0, 0.1) is 5.92 Å². The predicted octanol–water partition coefficient (Wildman–Crippen LogP) is 3.55. The number of benzene rings is 2. The fraction of sp³-hybridized carbons (Fsp3) is 0.250. The first-order valence-corrected chi connectivity index (χ1v) is 6.73. The minimum atomic E-state index is -0.201. The van der Waals surface area contributed by atoms with E-state index >= 15 is 0 Å². The molecule has 0 aliphatic carbocycles. The molecule has 4 nitrogen and oxygen atoms in total. The first-order valence-electron chi connectivity index (χ1n) is 6.73. The second kappa shape index (κ2) is 5.06. The molecule has 2 aromatic carbocycles. The van der Waals surface area contributed by atoms with Crippen molar-refractivity contribution in [2.24, 2.45) is 11.7 Å². The van der Waals surface area contributed by atoms with Crippen LogP contribution in [0.2, 0.25) is 0 Å². The maximum Gasteiger partial charge on any atom is 0.258 e. The fourth-order valence-corrected chi connectivity index (χ4v) is 2.11. The van der Waals surface area contributed by atoms with Gasteiger partial charge in [0, 0.05) is 5.56 Å². The molecule has 0 amide bonds. The molecular formula is C16H17N3O. The molecule has 0 spiro atoms. The molecule has 0 fully saturated rings. The SMILES string of the molecule is CC(C)C(N)c1noc(-c2ccc3ccccc3c2)n1. The standard InChI is InChI=1S/C16H17N3O/c1-10(2)14(17)15-18-16(20-19-15)13-8-7-11-5-3-4-6-12(11)9-13/h3-10,14H,17H2,1-2H3. The zero-order chi connectivity index (χ0) is 14.1. The molecule has 4 heteroatoms. The Bertz CT molecular complexity index is 733.